The minimum atomic E-state index is -0.878. The van der Waals surface area contributed by atoms with Crippen LogP contribution in [0.15, 0.2) is 18.2 Å². The number of hydrogen-bond acceptors (Lipinski definition) is 3. The highest BCUT2D eigenvalue weighted by Crippen LogP contribution is 2.26. The van der Waals surface area contributed by atoms with Crippen molar-refractivity contribution in [2.75, 3.05) is 6.54 Å². The van der Waals surface area contributed by atoms with E-state index in [4.69, 9.17) is 5.11 Å². The second kappa shape index (κ2) is 4.63. The summed E-state index contributed by atoms with van der Waals surface area (Å²) in [4.78, 5) is 10.9. The van der Waals surface area contributed by atoms with E-state index in [9.17, 15) is 9.90 Å². The minimum Gasteiger partial charge on any atom is -0.508 e. The van der Waals surface area contributed by atoms with Gasteiger partial charge in [0.2, 0.25) is 0 Å². The molecule has 0 unspecified atom stereocenters. The number of benzene rings is 1. The zero-order chi connectivity index (χ0) is 10.1. The van der Waals surface area contributed by atoms with Gasteiger partial charge in [0.05, 0.1) is 0 Å². The average Bonchev–Trinajstić information content (AvgIpc) is 2.16. The first kappa shape index (κ1) is 12.0. The number of carboxylic acids is 1. The first-order valence-electron chi connectivity index (χ1n) is 4.46. The van der Waals surface area contributed by atoms with Gasteiger partial charge >= 0.3 is 5.97 Å². The summed E-state index contributed by atoms with van der Waals surface area (Å²) in [6, 6.07) is 4.17. The zero-order valence-corrected chi connectivity index (χ0v) is 9.65. The SMILES string of the molecule is Br.O=C(O)[C@@H]1NCCc2cc(O)ccc21. The van der Waals surface area contributed by atoms with Crippen molar-refractivity contribution in [3.8, 4) is 5.75 Å². The lowest BCUT2D eigenvalue weighted by molar-refractivity contribution is -0.139. The molecule has 4 nitrogen and oxygen atoms in total. The fraction of sp³-hybridized carbons (Fsp3) is 0.300. The van der Waals surface area contributed by atoms with Crippen LogP contribution in [0.2, 0.25) is 0 Å². The topological polar surface area (TPSA) is 69.6 Å². The van der Waals surface area contributed by atoms with Crippen LogP contribution in [0.25, 0.3) is 0 Å². The number of phenols is 1. The van der Waals surface area contributed by atoms with E-state index in [0.717, 1.165) is 17.5 Å². The van der Waals surface area contributed by atoms with Crippen LogP contribution in [0.5, 0.6) is 5.75 Å². The van der Waals surface area contributed by atoms with Crippen molar-refractivity contribution in [1.82, 2.24) is 5.32 Å². The molecule has 0 spiro atoms. The van der Waals surface area contributed by atoms with E-state index in [1.165, 1.54) is 6.07 Å². The number of phenolic OH excluding ortho intramolecular Hbond substituents is 1. The Hall–Kier alpha value is -1.07. The molecule has 2 rings (SSSR count). The molecule has 1 aromatic carbocycles. The van der Waals surface area contributed by atoms with Crippen LogP contribution in [0.3, 0.4) is 0 Å². The third-order valence-electron chi connectivity index (χ3n) is 2.43. The Balaban J connectivity index is 0.00000112. The number of fused-ring (bicyclic) bond motifs is 1. The molecule has 0 aromatic heterocycles. The maximum atomic E-state index is 10.9. The Morgan fingerprint density at radius 2 is 2.20 bits per heavy atom. The Labute approximate surface area is 97.7 Å². The summed E-state index contributed by atoms with van der Waals surface area (Å²) in [5.74, 6) is -0.688. The number of halogens is 1. The van der Waals surface area contributed by atoms with Crippen molar-refractivity contribution in [1.29, 1.82) is 0 Å². The molecule has 5 heteroatoms. The second-order valence-electron chi connectivity index (χ2n) is 3.36. The Bertz CT molecular complexity index is 381. The fourth-order valence-corrected chi connectivity index (χ4v) is 1.77. The molecule has 0 amide bonds. The van der Waals surface area contributed by atoms with Gasteiger partial charge in [-0.3, -0.25) is 4.79 Å². The normalized spacial score (nSPS) is 18.8. The van der Waals surface area contributed by atoms with E-state index in [2.05, 4.69) is 5.32 Å². The monoisotopic (exact) mass is 273 g/mol. The number of nitrogens with one attached hydrogen (secondary N) is 1. The second-order valence-corrected chi connectivity index (χ2v) is 3.36. The molecule has 1 aromatic rings. The smallest absolute Gasteiger partial charge is 0.325 e. The standard InChI is InChI=1S/C10H11NO3.BrH/c12-7-1-2-8-6(5-7)3-4-11-9(8)10(13)14;/h1-2,5,9,11-12H,3-4H2,(H,13,14);1H/t9-;/m1./s1. The van der Waals surface area contributed by atoms with Crippen molar-refractivity contribution in [3.63, 3.8) is 0 Å². The number of carbonyl (C=O) groups is 1. The lowest BCUT2D eigenvalue weighted by atomic mass is 9.94. The van der Waals surface area contributed by atoms with Crippen LogP contribution in [-0.4, -0.2) is 22.7 Å². The van der Waals surface area contributed by atoms with E-state index in [0.29, 0.717) is 6.54 Å². The Kier molecular flexibility index (Phi) is 3.71. The molecule has 0 saturated heterocycles. The summed E-state index contributed by atoms with van der Waals surface area (Å²) in [6.45, 7) is 0.632. The number of rotatable bonds is 1. The van der Waals surface area contributed by atoms with Gasteiger partial charge in [0.15, 0.2) is 0 Å². The molecule has 82 valence electrons. The van der Waals surface area contributed by atoms with E-state index >= 15 is 0 Å². The number of hydrogen-bond donors (Lipinski definition) is 3. The Morgan fingerprint density at radius 3 is 2.87 bits per heavy atom. The van der Waals surface area contributed by atoms with Crippen LogP contribution in [0.1, 0.15) is 17.2 Å². The highest BCUT2D eigenvalue weighted by Gasteiger charge is 2.25. The van der Waals surface area contributed by atoms with Gasteiger partial charge in [0.1, 0.15) is 11.8 Å². The average molecular weight is 274 g/mol. The summed E-state index contributed by atoms with van der Waals surface area (Å²) in [6.07, 6.45) is 0.757. The molecule has 1 aliphatic rings. The third-order valence-corrected chi connectivity index (χ3v) is 2.43. The van der Waals surface area contributed by atoms with Gasteiger partial charge in [-0.25, -0.2) is 0 Å². The van der Waals surface area contributed by atoms with E-state index in [1.54, 1.807) is 12.1 Å². The summed E-state index contributed by atoms with van der Waals surface area (Å²) < 4.78 is 0. The quantitative estimate of drug-likeness (QED) is 0.720. The molecule has 1 atom stereocenters. The molecule has 15 heavy (non-hydrogen) atoms. The first-order chi connectivity index (χ1) is 6.68. The van der Waals surface area contributed by atoms with Gasteiger partial charge in [0.25, 0.3) is 0 Å². The molecule has 0 bridgehead atoms. The van der Waals surface area contributed by atoms with E-state index in [-0.39, 0.29) is 22.7 Å². The van der Waals surface area contributed by atoms with Gasteiger partial charge in [-0.15, -0.1) is 17.0 Å². The molecule has 0 radical (unpaired) electrons. The van der Waals surface area contributed by atoms with Crippen LogP contribution in [0, 0.1) is 0 Å². The summed E-state index contributed by atoms with van der Waals surface area (Å²) >= 11 is 0. The first-order valence-corrected chi connectivity index (χ1v) is 4.46. The summed E-state index contributed by atoms with van der Waals surface area (Å²) in [7, 11) is 0. The molecule has 1 heterocycles. The molecule has 0 fully saturated rings. The predicted octanol–water partition coefficient (Wildman–Crippen LogP) is 1.24. The largest absolute Gasteiger partial charge is 0.508 e. The van der Waals surface area contributed by atoms with Gasteiger partial charge in [0, 0.05) is 6.54 Å². The lowest BCUT2D eigenvalue weighted by Crippen LogP contribution is -2.34. The number of carboxylic acid groups (broad SMARTS) is 1. The summed E-state index contributed by atoms with van der Waals surface area (Å²) in [5, 5.41) is 21.1. The van der Waals surface area contributed by atoms with Crippen molar-refractivity contribution in [2.45, 2.75) is 12.5 Å². The Morgan fingerprint density at radius 1 is 1.47 bits per heavy atom. The van der Waals surface area contributed by atoms with Gasteiger partial charge < -0.3 is 15.5 Å². The van der Waals surface area contributed by atoms with Crippen molar-refractivity contribution in [3.05, 3.63) is 29.3 Å². The number of aromatic hydroxyl groups is 1. The van der Waals surface area contributed by atoms with E-state index < -0.39 is 12.0 Å². The van der Waals surface area contributed by atoms with Crippen molar-refractivity contribution in [2.24, 2.45) is 0 Å². The molecule has 0 saturated carbocycles. The van der Waals surface area contributed by atoms with Gasteiger partial charge in [-0.05, 0) is 29.7 Å². The van der Waals surface area contributed by atoms with E-state index in [1.807, 2.05) is 0 Å². The van der Waals surface area contributed by atoms with Crippen LogP contribution in [-0.2, 0) is 11.2 Å². The van der Waals surface area contributed by atoms with Crippen molar-refractivity contribution < 1.29 is 15.0 Å². The zero-order valence-electron chi connectivity index (χ0n) is 7.93. The van der Waals surface area contributed by atoms with Crippen LogP contribution < -0.4 is 5.32 Å². The van der Waals surface area contributed by atoms with Crippen LogP contribution in [0.4, 0.5) is 0 Å². The number of aliphatic carboxylic acids is 1. The molecular weight excluding hydrogens is 262 g/mol. The lowest BCUT2D eigenvalue weighted by Gasteiger charge is -2.23. The minimum absolute atomic E-state index is 0. The van der Waals surface area contributed by atoms with Crippen molar-refractivity contribution >= 4 is 23.0 Å². The molecule has 0 aliphatic carbocycles. The highest BCUT2D eigenvalue weighted by molar-refractivity contribution is 8.93. The fourth-order valence-electron chi connectivity index (χ4n) is 1.77. The maximum Gasteiger partial charge on any atom is 0.325 e. The van der Waals surface area contributed by atoms with Gasteiger partial charge in [-0.2, -0.15) is 0 Å². The maximum absolute atomic E-state index is 10.9. The highest BCUT2D eigenvalue weighted by atomic mass is 79.9. The third kappa shape index (κ3) is 2.30. The molecular formula is C10H12BrNO3. The summed E-state index contributed by atoms with van der Waals surface area (Å²) in [5.41, 5.74) is 1.66. The van der Waals surface area contributed by atoms with Crippen LogP contribution >= 0.6 is 17.0 Å². The predicted molar refractivity (Wildman–Crippen MR) is 60.5 cm³/mol. The van der Waals surface area contributed by atoms with Gasteiger partial charge in [-0.1, -0.05) is 6.07 Å². The molecule has 1 aliphatic heterocycles. The molecule has 3 N–H and O–H groups in total.